The number of hydrogen-bond acceptors (Lipinski definition) is 3. The van der Waals surface area contributed by atoms with Crippen molar-refractivity contribution in [2.24, 2.45) is 7.05 Å². The van der Waals surface area contributed by atoms with Crippen LogP contribution >= 0.6 is 0 Å². The molecule has 6 nitrogen and oxygen atoms in total. The zero-order chi connectivity index (χ0) is 23.4. The number of carbonyl (C=O) groups is 1. The van der Waals surface area contributed by atoms with E-state index in [0.717, 1.165) is 35.5 Å². The molecule has 1 fully saturated rings. The third-order valence-electron chi connectivity index (χ3n) is 6.35. The fourth-order valence-electron chi connectivity index (χ4n) is 4.60. The Morgan fingerprint density at radius 3 is 1.85 bits per heavy atom. The fourth-order valence-corrected chi connectivity index (χ4v) is 4.60. The zero-order valence-corrected chi connectivity index (χ0v) is 19.2. The summed E-state index contributed by atoms with van der Waals surface area (Å²) in [7, 11) is 1.88. The van der Waals surface area contributed by atoms with E-state index in [4.69, 9.17) is 0 Å². The Kier molecular flexibility index (Phi) is 6.04. The van der Waals surface area contributed by atoms with Crippen molar-refractivity contribution in [1.29, 1.82) is 0 Å². The number of benzene rings is 3. The average Bonchev–Trinajstić information content (AvgIpc) is 3.55. The highest BCUT2D eigenvalue weighted by atomic mass is 16.2. The molecule has 1 aromatic heterocycles. The Morgan fingerprint density at radius 2 is 1.38 bits per heavy atom. The lowest BCUT2D eigenvalue weighted by molar-refractivity contribution is 0.223. The zero-order valence-electron chi connectivity index (χ0n) is 19.2. The maximum absolute atomic E-state index is 12.9. The predicted octanol–water partition coefficient (Wildman–Crippen LogP) is 5.27. The summed E-state index contributed by atoms with van der Waals surface area (Å²) in [4.78, 5) is 14.7. The molecule has 3 aromatic carbocycles. The van der Waals surface area contributed by atoms with Crippen LogP contribution in [0.5, 0.6) is 0 Å². The molecule has 2 amide bonds. The number of likely N-dealkylation sites (tertiary alicyclic amines) is 1. The first-order valence-electron chi connectivity index (χ1n) is 11.5. The number of amides is 2. The molecule has 0 unspecified atom stereocenters. The first kappa shape index (κ1) is 21.8. The van der Waals surface area contributed by atoms with Gasteiger partial charge in [-0.3, -0.25) is 4.68 Å². The average molecular weight is 451 g/mol. The Labute approximate surface area is 200 Å². The van der Waals surface area contributed by atoms with E-state index >= 15 is 0 Å². The van der Waals surface area contributed by atoms with E-state index in [1.54, 1.807) is 15.8 Å². The molecular weight excluding hydrogens is 422 g/mol. The van der Waals surface area contributed by atoms with Crippen LogP contribution in [0.2, 0.25) is 0 Å². The van der Waals surface area contributed by atoms with Crippen molar-refractivity contribution in [2.75, 3.05) is 23.7 Å². The molecule has 0 spiro atoms. The molecule has 0 saturated carbocycles. The summed E-state index contributed by atoms with van der Waals surface area (Å²) in [6, 6.07) is 31.0. The topological polar surface area (TPSA) is 62.2 Å². The summed E-state index contributed by atoms with van der Waals surface area (Å²) in [5, 5.41) is 11.4. The molecule has 2 N–H and O–H groups in total. The Morgan fingerprint density at radius 1 is 0.853 bits per heavy atom. The molecule has 1 saturated heterocycles. The van der Waals surface area contributed by atoms with Gasteiger partial charge < -0.3 is 15.5 Å². The van der Waals surface area contributed by atoms with E-state index in [-0.39, 0.29) is 6.03 Å². The summed E-state index contributed by atoms with van der Waals surface area (Å²) in [6.45, 7) is 1.40. The van der Waals surface area contributed by atoms with Crippen LogP contribution in [0.3, 0.4) is 0 Å². The normalized spacial score (nSPS) is 13.6. The van der Waals surface area contributed by atoms with Gasteiger partial charge in [0.2, 0.25) is 0 Å². The standard InChI is InChI=1S/C28H28N5O/c1-32-26(25(21-29-32)30-27(34)33-19-11-12-20-33)31-28(22-13-5-2-6-14-22,23-15-7-3-8-16-23)24-17-9-4-10-18-24/h2-11,13-18,21,31H,12,19-20H2,1H3,(H,30,34). The highest BCUT2D eigenvalue weighted by molar-refractivity contribution is 5.92. The smallest absolute Gasteiger partial charge is 0.321 e. The lowest BCUT2D eigenvalue weighted by atomic mass is 9.77. The first-order chi connectivity index (χ1) is 16.7. The molecule has 1 radical (unpaired) electrons. The number of nitrogens with one attached hydrogen (secondary N) is 2. The van der Waals surface area contributed by atoms with Gasteiger partial charge in [-0.15, -0.1) is 0 Å². The van der Waals surface area contributed by atoms with Gasteiger partial charge in [0.15, 0.2) is 0 Å². The van der Waals surface area contributed by atoms with Gasteiger partial charge in [-0.2, -0.15) is 5.10 Å². The van der Waals surface area contributed by atoms with Gasteiger partial charge in [-0.05, 0) is 29.5 Å². The van der Waals surface area contributed by atoms with Gasteiger partial charge in [-0.25, -0.2) is 4.79 Å². The van der Waals surface area contributed by atoms with Crippen molar-refractivity contribution in [3.05, 3.63) is 120 Å². The summed E-state index contributed by atoms with van der Waals surface area (Å²) in [5.41, 5.74) is 3.19. The summed E-state index contributed by atoms with van der Waals surface area (Å²) < 4.78 is 1.77. The molecule has 0 atom stereocenters. The number of aromatic nitrogens is 2. The van der Waals surface area contributed by atoms with Crippen molar-refractivity contribution in [2.45, 2.75) is 12.0 Å². The molecule has 6 heteroatoms. The van der Waals surface area contributed by atoms with E-state index in [2.05, 4.69) is 58.6 Å². The molecule has 1 aliphatic rings. The van der Waals surface area contributed by atoms with Crippen LogP contribution < -0.4 is 10.6 Å². The largest absolute Gasteiger partial charge is 0.351 e. The number of aryl methyl sites for hydroxylation is 1. The van der Waals surface area contributed by atoms with Gasteiger partial charge in [0.25, 0.3) is 0 Å². The van der Waals surface area contributed by atoms with Crippen LogP contribution in [0.1, 0.15) is 23.1 Å². The number of nitrogens with zero attached hydrogens (tertiary/aromatic N) is 3. The summed E-state index contributed by atoms with van der Waals surface area (Å²) in [5.74, 6) is 0.730. The van der Waals surface area contributed by atoms with Crippen LogP contribution in [0.4, 0.5) is 16.3 Å². The van der Waals surface area contributed by atoms with Crippen LogP contribution in [0, 0.1) is 6.42 Å². The third kappa shape index (κ3) is 4.03. The van der Waals surface area contributed by atoms with Crippen LogP contribution in [-0.4, -0.2) is 33.8 Å². The number of carbonyl (C=O) groups excluding carboxylic acids is 1. The van der Waals surface area contributed by atoms with Crippen LogP contribution in [0.15, 0.2) is 97.2 Å². The minimum atomic E-state index is -0.710. The summed E-state index contributed by atoms with van der Waals surface area (Å²) >= 11 is 0. The highest BCUT2D eigenvalue weighted by Crippen LogP contribution is 2.41. The van der Waals surface area contributed by atoms with Crippen molar-refractivity contribution >= 4 is 17.5 Å². The molecule has 4 aromatic rings. The molecule has 0 aliphatic carbocycles. The Balaban J connectivity index is 1.65. The molecule has 5 rings (SSSR count). The lowest BCUT2D eigenvalue weighted by Crippen LogP contribution is -2.39. The van der Waals surface area contributed by atoms with Crippen molar-refractivity contribution < 1.29 is 4.79 Å². The Bertz CT molecular complexity index is 1140. The first-order valence-corrected chi connectivity index (χ1v) is 11.5. The van der Waals surface area contributed by atoms with Gasteiger partial charge >= 0.3 is 6.03 Å². The monoisotopic (exact) mass is 450 g/mol. The molecular formula is C28H28N5O. The van der Waals surface area contributed by atoms with E-state index in [0.29, 0.717) is 12.2 Å². The van der Waals surface area contributed by atoms with Gasteiger partial charge in [0.05, 0.1) is 6.20 Å². The number of urea groups is 1. The second-order valence-corrected chi connectivity index (χ2v) is 8.46. The summed E-state index contributed by atoms with van der Waals surface area (Å²) in [6.07, 6.45) is 4.74. The number of rotatable bonds is 6. The number of anilines is 2. The second-order valence-electron chi connectivity index (χ2n) is 8.46. The van der Waals surface area contributed by atoms with E-state index in [1.165, 1.54) is 0 Å². The maximum Gasteiger partial charge on any atom is 0.321 e. The van der Waals surface area contributed by atoms with Gasteiger partial charge in [-0.1, -0.05) is 91.0 Å². The quantitative estimate of drug-likeness (QED) is 0.394. The minimum Gasteiger partial charge on any atom is -0.351 e. The molecule has 2 heterocycles. The molecule has 0 bridgehead atoms. The van der Waals surface area contributed by atoms with Crippen LogP contribution in [0.25, 0.3) is 0 Å². The van der Waals surface area contributed by atoms with E-state index < -0.39 is 5.54 Å². The third-order valence-corrected chi connectivity index (χ3v) is 6.35. The van der Waals surface area contributed by atoms with Gasteiger partial charge in [0.1, 0.15) is 17.0 Å². The molecule has 171 valence electrons. The Hall–Kier alpha value is -4.06. The SMILES string of the molecule is Cn1ncc(NC(=O)N2C[CH]CC2)c1NC(c1ccccc1)(c1ccccc1)c1ccccc1. The van der Waals surface area contributed by atoms with Gasteiger partial charge in [0, 0.05) is 20.1 Å². The molecule has 1 aliphatic heterocycles. The minimum absolute atomic E-state index is 0.116. The van der Waals surface area contributed by atoms with E-state index in [1.807, 2.05) is 61.6 Å². The second kappa shape index (κ2) is 9.43. The predicted molar refractivity (Wildman–Crippen MR) is 136 cm³/mol. The maximum atomic E-state index is 12.9. The lowest BCUT2D eigenvalue weighted by Gasteiger charge is -2.38. The van der Waals surface area contributed by atoms with Crippen molar-refractivity contribution in [3.63, 3.8) is 0 Å². The number of hydrogen-bond donors (Lipinski definition) is 2. The van der Waals surface area contributed by atoms with Crippen molar-refractivity contribution in [1.82, 2.24) is 14.7 Å². The fraction of sp³-hybridized carbons (Fsp3) is 0.179. The van der Waals surface area contributed by atoms with E-state index in [9.17, 15) is 4.79 Å². The van der Waals surface area contributed by atoms with Crippen LogP contribution in [-0.2, 0) is 12.6 Å². The molecule has 34 heavy (non-hydrogen) atoms. The highest BCUT2D eigenvalue weighted by Gasteiger charge is 2.38. The van der Waals surface area contributed by atoms with Crippen molar-refractivity contribution in [3.8, 4) is 0 Å².